The van der Waals surface area contributed by atoms with E-state index >= 15 is 0 Å². The number of aromatic amines is 1. The van der Waals surface area contributed by atoms with Crippen molar-refractivity contribution < 1.29 is 18.7 Å². The molecule has 5 rings (SSSR count). The van der Waals surface area contributed by atoms with Gasteiger partial charge in [0.25, 0.3) is 5.91 Å². The lowest BCUT2D eigenvalue weighted by Crippen LogP contribution is -2.40. The summed E-state index contributed by atoms with van der Waals surface area (Å²) in [6.45, 7) is 5.83. The summed E-state index contributed by atoms with van der Waals surface area (Å²) in [4.78, 5) is 30.5. The number of benzene rings is 1. The molecule has 42 heavy (non-hydrogen) atoms. The molecule has 1 aliphatic carbocycles. The average Bonchev–Trinajstić information content (AvgIpc) is 3.70. The molecule has 0 bridgehead atoms. The van der Waals surface area contributed by atoms with Gasteiger partial charge >= 0.3 is 5.97 Å². The van der Waals surface area contributed by atoms with Crippen molar-refractivity contribution in [1.82, 2.24) is 35.5 Å². The minimum atomic E-state index is -0.871. The van der Waals surface area contributed by atoms with Crippen LogP contribution in [0.2, 0.25) is 5.15 Å². The highest BCUT2D eigenvalue weighted by Crippen LogP contribution is 2.48. The minimum absolute atomic E-state index is 0.0633. The maximum atomic E-state index is 13.6. The average molecular weight is 655 g/mol. The molecule has 3 aromatic rings. The number of hydrogen-bond donors (Lipinski definition) is 2. The van der Waals surface area contributed by atoms with E-state index in [1.54, 1.807) is 26.4 Å². The van der Waals surface area contributed by atoms with Gasteiger partial charge in [0.05, 0.1) is 25.7 Å². The fraction of sp³-hybridized carbons (Fsp3) is 0.310. The second-order valence-corrected chi connectivity index (χ2v) is 10.8. The molecule has 2 N–H and O–H groups in total. The first-order chi connectivity index (χ1) is 20.3. The molecule has 0 spiro atoms. The first kappa shape index (κ1) is 29.5. The Morgan fingerprint density at radius 3 is 2.67 bits per heavy atom. The van der Waals surface area contributed by atoms with E-state index in [2.05, 4.69) is 53.8 Å². The SMILES string of the molecule is CCCCc1nc(Cl)c(C(=O)N[C@H](C)C(=O)OCC)n1Cc1c2ccocc-2c(Br)c1-c1ccccc1-c1nn[nH]n1. The molecular formula is C29H29BrClN7O4. The molecule has 2 aromatic heterocycles. The Labute approximate surface area is 255 Å². The van der Waals surface area contributed by atoms with E-state index in [9.17, 15) is 9.59 Å². The van der Waals surface area contributed by atoms with Crippen LogP contribution in [-0.4, -0.2) is 54.7 Å². The lowest BCUT2D eigenvalue weighted by molar-refractivity contribution is -0.144. The van der Waals surface area contributed by atoms with E-state index in [0.717, 1.165) is 50.7 Å². The number of unbranched alkanes of at least 4 members (excludes halogenated alkanes) is 1. The van der Waals surface area contributed by atoms with Gasteiger partial charge in [0, 0.05) is 27.6 Å². The van der Waals surface area contributed by atoms with Crippen LogP contribution in [0.15, 0.2) is 51.7 Å². The number of amides is 1. The fourth-order valence-corrected chi connectivity index (χ4v) is 5.99. The van der Waals surface area contributed by atoms with Crippen molar-refractivity contribution in [3.05, 3.63) is 69.6 Å². The summed E-state index contributed by atoms with van der Waals surface area (Å²) in [5.41, 5.74) is 5.36. The van der Waals surface area contributed by atoms with Crippen LogP contribution in [0, 0.1) is 0 Å². The highest BCUT2D eigenvalue weighted by molar-refractivity contribution is 9.10. The number of tetrazole rings is 1. The van der Waals surface area contributed by atoms with Crippen molar-refractivity contribution in [2.75, 3.05) is 6.61 Å². The van der Waals surface area contributed by atoms with Gasteiger partial charge in [0.2, 0.25) is 5.82 Å². The quantitative estimate of drug-likeness (QED) is 0.167. The van der Waals surface area contributed by atoms with E-state index < -0.39 is 17.9 Å². The number of ether oxygens (including phenoxy) is 1. The molecule has 1 amide bonds. The molecule has 13 heteroatoms. The van der Waals surface area contributed by atoms with Gasteiger partial charge in [-0.3, -0.25) is 4.79 Å². The van der Waals surface area contributed by atoms with Crippen LogP contribution in [0.25, 0.3) is 33.6 Å². The number of esters is 1. The lowest BCUT2D eigenvalue weighted by Gasteiger charge is -2.17. The van der Waals surface area contributed by atoms with E-state index in [1.807, 2.05) is 34.9 Å². The zero-order valence-electron chi connectivity index (χ0n) is 23.3. The number of nitrogens with one attached hydrogen (secondary N) is 2. The van der Waals surface area contributed by atoms with Crippen molar-refractivity contribution in [3.63, 3.8) is 0 Å². The first-order valence-electron chi connectivity index (χ1n) is 13.6. The number of halogens is 2. The summed E-state index contributed by atoms with van der Waals surface area (Å²) in [7, 11) is 0. The van der Waals surface area contributed by atoms with Gasteiger partial charge in [-0.25, -0.2) is 9.78 Å². The van der Waals surface area contributed by atoms with Gasteiger partial charge in [-0.1, -0.05) is 49.2 Å². The standard InChI is InChI=1S/C29H29BrClN7O4/c1-4-6-11-22-33-26(31)25(28(39)32-16(3)29(40)42-5-2)38(22)14-20-17-12-13-41-15-21(17)24(30)23(20)18-9-7-8-10-19(18)27-34-36-37-35-27/h7-10,12-13,15-16H,4-6,11,14H2,1-3H3,(H,32,39)(H,34,35,36,37)/t16-/m1/s1. The number of hydrogen-bond acceptors (Lipinski definition) is 8. The number of H-pyrrole nitrogens is 1. The Balaban J connectivity index is 1.67. The molecule has 11 nitrogen and oxygen atoms in total. The third-order valence-electron chi connectivity index (χ3n) is 6.93. The maximum absolute atomic E-state index is 13.6. The zero-order chi connectivity index (χ0) is 29.8. The topological polar surface area (TPSA) is 141 Å². The number of aryl methyl sites for hydroxylation is 1. The molecule has 1 aliphatic heterocycles. The predicted molar refractivity (Wildman–Crippen MR) is 160 cm³/mol. The van der Waals surface area contributed by atoms with Gasteiger partial charge in [0.15, 0.2) is 5.15 Å². The molecule has 0 saturated carbocycles. The molecular weight excluding hydrogens is 626 g/mol. The molecule has 0 saturated heterocycles. The Morgan fingerprint density at radius 1 is 1.17 bits per heavy atom. The second-order valence-electron chi connectivity index (χ2n) is 9.64. The molecule has 1 atom stereocenters. The van der Waals surface area contributed by atoms with Crippen molar-refractivity contribution in [3.8, 4) is 33.6 Å². The van der Waals surface area contributed by atoms with Gasteiger partial charge in [-0.15, -0.1) is 10.2 Å². The summed E-state index contributed by atoms with van der Waals surface area (Å²) < 4.78 is 13.3. The largest absolute Gasteiger partial charge is 0.472 e. The highest BCUT2D eigenvalue weighted by atomic mass is 79.9. The number of aromatic nitrogens is 6. The highest BCUT2D eigenvalue weighted by Gasteiger charge is 2.30. The number of nitrogens with zero attached hydrogens (tertiary/aromatic N) is 5. The summed E-state index contributed by atoms with van der Waals surface area (Å²) in [6.07, 6.45) is 5.69. The summed E-state index contributed by atoms with van der Waals surface area (Å²) in [5.74, 6) is 0.0591. The molecule has 2 aliphatic rings. The Kier molecular flexibility index (Phi) is 9.03. The number of imidazole rings is 1. The number of rotatable bonds is 11. The van der Waals surface area contributed by atoms with Gasteiger partial charge in [-0.05, 0) is 64.2 Å². The number of fused-ring (bicyclic) bond motifs is 1. The van der Waals surface area contributed by atoms with E-state index in [1.165, 1.54) is 0 Å². The third-order valence-corrected chi connectivity index (χ3v) is 8.02. The van der Waals surface area contributed by atoms with Gasteiger partial charge in [-0.2, -0.15) is 5.21 Å². The van der Waals surface area contributed by atoms with Crippen LogP contribution in [-0.2, 0) is 22.5 Å². The van der Waals surface area contributed by atoms with E-state index in [0.29, 0.717) is 18.1 Å². The van der Waals surface area contributed by atoms with Crippen molar-refractivity contribution in [1.29, 1.82) is 0 Å². The summed E-state index contributed by atoms with van der Waals surface area (Å²) >= 11 is 10.4. The van der Waals surface area contributed by atoms with Gasteiger partial charge < -0.3 is 19.0 Å². The van der Waals surface area contributed by atoms with Crippen LogP contribution in [0.5, 0.6) is 0 Å². The van der Waals surface area contributed by atoms with Crippen LogP contribution < -0.4 is 5.32 Å². The fourth-order valence-electron chi connectivity index (χ4n) is 4.95. The third kappa shape index (κ3) is 5.68. The van der Waals surface area contributed by atoms with E-state index in [4.69, 9.17) is 20.8 Å². The zero-order valence-corrected chi connectivity index (χ0v) is 25.6. The monoisotopic (exact) mass is 653 g/mol. The molecule has 0 fully saturated rings. The normalized spacial score (nSPS) is 12.0. The summed E-state index contributed by atoms with van der Waals surface area (Å²) in [5, 5.41) is 17.5. The molecule has 0 radical (unpaired) electrons. The minimum Gasteiger partial charge on any atom is -0.472 e. The summed E-state index contributed by atoms with van der Waals surface area (Å²) in [6, 6.07) is 8.78. The van der Waals surface area contributed by atoms with E-state index in [-0.39, 0.29) is 24.0 Å². The van der Waals surface area contributed by atoms with Crippen LogP contribution >= 0.6 is 27.5 Å². The maximum Gasteiger partial charge on any atom is 0.328 e. The molecule has 0 unspecified atom stereocenters. The molecule has 218 valence electrons. The van der Waals surface area contributed by atoms with Gasteiger partial charge in [0.1, 0.15) is 17.6 Å². The lowest BCUT2D eigenvalue weighted by atomic mass is 9.97. The van der Waals surface area contributed by atoms with Crippen LogP contribution in [0.1, 0.15) is 55.5 Å². The van der Waals surface area contributed by atoms with Crippen molar-refractivity contribution >= 4 is 39.4 Å². The Morgan fingerprint density at radius 2 is 1.95 bits per heavy atom. The van der Waals surface area contributed by atoms with Crippen molar-refractivity contribution in [2.24, 2.45) is 0 Å². The molecule has 3 heterocycles. The smallest absolute Gasteiger partial charge is 0.328 e. The Bertz CT molecular complexity index is 1680. The second kappa shape index (κ2) is 12.9. The Hall–Kier alpha value is -4.03. The molecule has 1 aromatic carbocycles. The van der Waals surface area contributed by atoms with Crippen LogP contribution in [0.3, 0.4) is 0 Å². The first-order valence-corrected chi connectivity index (χ1v) is 14.7. The number of carbonyl (C=O) groups is 2. The van der Waals surface area contributed by atoms with Crippen LogP contribution in [0.4, 0.5) is 0 Å². The predicted octanol–water partition coefficient (Wildman–Crippen LogP) is 5.92. The number of carbonyl (C=O) groups excluding carboxylic acids is 2. The van der Waals surface area contributed by atoms with Crippen molar-refractivity contribution in [2.45, 2.75) is 52.6 Å².